The molecule has 6 heteroatoms. The zero-order valence-electron chi connectivity index (χ0n) is 19.9. The van der Waals surface area contributed by atoms with E-state index in [0.717, 1.165) is 41.9 Å². The van der Waals surface area contributed by atoms with Crippen LogP contribution in [0, 0.1) is 0 Å². The fourth-order valence-electron chi connectivity index (χ4n) is 3.66. The Labute approximate surface area is 206 Å². The van der Waals surface area contributed by atoms with Crippen LogP contribution in [0.4, 0.5) is 4.79 Å². The minimum absolute atomic E-state index is 0.160. The predicted octanol–water partition coefficient (Wildman–Crippen LogP) is 7.48. The van der Waals surface area contributed by atoms with Crippen LogP contribution in [0.1, 0.15) is 65.0 Å². The maximum Gasteiger partial charge on any atom is 0.410 e. The Bertz CT molecular complexity index is 865. The van der Waals surface area contributed by atoms with Crippen LogP contribution < -0.4 is 5.32 Å². The molecule has 0 saturated carbocycles. The monoisotopic (exact) mass is 522 g/mol. The minimum Gasteiger partial charge on any atom is -0.444 e. The second kappa shape index (κ2) is 12.5. The summed E-state index contributed by atoms with van der Waals surface area (Å²) in [5.41, 5.74) is 3.43. The first kappa shape index (κ1) is 26.5. The third-order valence-corrected chi connectivity index (χ3v) is 6.03. The molecule has 1 fully saturated rings. The van der Waals surface area contributed by atoms with E-state index in [1.54, 1.807) is 4.90 Å². The van der Waals surface area contributed by atoms with Gasteiger partial charge < -0.3 is 15.0 Å². The second-order valence-electron chi connectivity index (χ2n) is 8.77. The lowest BCUT2D eigenvalue weighted by Crippen LogP contribution is -2.39. The number of ether oxygens (including phenoxy) is 1. The topological polar surface area (TPSA) is 41.6 Å². The summed E-state index contributed by atoms with van der Waals surface area (Å²) in [5, 5.41) is 4.17. The van der Waals surface area contributed by atoms with E-state index in [4.69, 9.17) is 16.3 Å². The first-order chi connectivity index (χ1) is 15.2. The molecule has 0 bridgehead atoms. The van der Waals surface area contributed by atoms with E-state index in [-0.39, 0.29) is 11.7 Å². The normalized spacial score (nSPS) is 19.2. The smallest absolute Gasteiger partial charge is 0.410 e. The molecule has 2 aliphatic heterocycles. The number of fused-ring (bicyclic) bond motifs is 2. The Kier molecular flexibility index (Phi) is 10.4. The van der Waals surface area contributed by atoms with E-state index in [1.165, 1.54) is 23.1 Å². The lowest BCUT2D eigenvalue weighted by atomic mass is 9.98. The summed E-state index contributed by atoms with van der Waals surface area (Å²) >= 11 is 9.70. The number of halogens is 2. The average Bonchev–Trinajstić information content (AvgIpc) is 2.91. The summed E-state index contributed by atoms with van der Waals surface area (Å²) < 4.78 is 6.36. The van der Waals surface area contributed by atoms with Gasteiger partial charge in [-0.3, -0.25) is 0 Å². The van der Waals surface area contributed by atoms with Gasteiger partial charge in [-0.25, -0.2) is 4.79 Å². The van der Waals surface area contributed by atoms with E-state index in [0.29, 0.717) is 6.04 Å². The van der Waals surface area contributed by atoms with Crippen LogP contribution in [0.15, 0.2) is 48.2 Å². The number of benzene rings is 1. The van der Waals surface area contributed by atoms with E-state index < -0.39 is 0 Å². The second-order valence-corrected chi connectivity index (χ2v) is 10.1. The number of carbonyl (C=O) groups is 1. The molecule has 32 heavy (non-hydrogen) atoms. The summed E-state index contributed by atoms with van der Waals surface area (Å²) in [6.07, 6.45) is 12.6. The molecule has 0 aromatic heterocycles. The number of dihydropyridines is 1. The first-order valence-corrected chi connectivity index (χ1v) is 12.7. The van der Waals surface area contributed by atoms with Gasteiger partial charge in [0.2, 0.25) is 0 Å². The molecule has 1 aromatic rings. The van der Waals surface area contributed by atoms with Crippen LogP contribution in [-0.4, -0.2) is 35.7 Å². The van der Waals surface area contributed by atoms with E-state index in [1.807, 2.05) is 59.0 Å². The molecule has 4 nitrogen and oxygen atoms in total. The zero-order valence-corrected chi connectivity index (χ0v) is 22.2. The van der Waals surface area contributed by atoms with Gasteiger partial charge in [-0.2, -0.15) is 0 Å². The Hall–Kier alpha value is -1.72. The van der Waals surface area contributed by atoms with E-state index in [2.05, 4.69) is 39.5 Å². The van der Waals surface area contributed by atoms with Gasteiger partial charge in [0.05, 0.1) is 6.04 Å². The van der Waals surface area contributed by atoms with Gasteiger partial charge in [-0.1, -0.05) is 53.5 Å². The van der Waals surface area contributed by atoms with Crippen LogP contribution in [0.25, 0.3) is 4.48 Å². The number of hydrogen-bond donors (Lipinski definition) is 1. The van der Waals surface area contributed by atoms with Crippen molar-refractivity contribution in [1.82, 2.24) is 10.2 Å². The highest BCUT2D eigenvalue weighted by Gasteiger charge is 2.23. The third-order valence-electron chi connectivity index (χ3n) is 5.14. The van der Waals surface area contributed by atoms with Crippen LogP contribution in [-0.2, 0) is 11.2 Å². The summed E-state index contributed by atoms with van der Waals surface area (Å²) in [6.45, 7) is 11.4. The summed E-state index contributed by atoms with van der Waals surface area (Å²) in [4.78, 5) is 13.3. The number of likely N-dealkylation sites (tertiary alicyclic amines) is 1. The molecule has 1 aliphatic carbocycles. The minimum atomic E-state index is -0.367. The molecule has 0 spiro atoms. The van der Waals surface area contributed by atoms with Gasteiger partial charge in [0.25, 0.3) is 0 Å². The highest BCUT2D eigenvalue weighted by Crippen LogP contribution is 2.34. The Morgan fingerprint density at radius 1 is 1.19 bits per heavy atom. The molecule has 176 valence electrons. The average molecular weight is 524 g/mol. The van der Waals surface area contributed by atoms with Gasteiger partial charge in [-0.05, 0) is 93.6 Å². The molecule has 1 aromatic carbocycles. The van der Waals surface area contributed by atoms with Gasteiger partial charge in [0, 0.05) is 22.6 Å². The standard InChI is InChI=1S/C14H11BrClN.C10H19NO2.C2H6/c15-13-6-10-2-1-5-17-14(10)7-9-3-4-11(16)8-12(9)13;1-10(2,3)13-9(12)11-7-5-4-6-8-11;1-2/h1-6,8,14,17H,7H2;4-8H2,1-3H3;1-2H3. The molecule has 1 saturated heterocycles. The number of nitrogens with one attached hydrogen (secondary N) is 1. The Morgan fingerprint density at radius 2 is 1.88 bits per heavy atom. The molecular weight excluding hydrogens is 488 g/mol. The van der Waals surface area contributed by atoms with Crippen molar-refractivity contribution in [2.24, 2.45) is 0 Å². The number of piperidine rings is 1. The lowest BCUT2D eigenvalue weighted by molar-refractivity contribution is 0.0216. The van der Waals surface area contributed by atoms with Crippen LogP contribution in [0.5, 0.6) is 0 Å². The van der Waals surface area contributed by atoms with Gasteiger partial charge >= 0.3 is 6.09 Å². The maximum absolute atomic E-state index is 11.5. The number of hydrogen-bond acceptors (Lipinski definition) is 3. The molecule has 1 unspecified atom stereocenters. The molecule has 0 radical (unpaired) electrons. The SMILES string of the molecule is CC.CC(C)(C)OC(=O)N1CCCCC1.Clc1ccc2c(c1)C(Br)=CC1=CC=CNC1C2. The van der Waals surface area contributed by atoms with Gasteiger partial charge in [-0.15, -0.1) is 0 Å². The van der Waals surface area contributed by atoms with Gasteiger partial charge in [0.15, 0.2) is 0 Å². The molecule has 3 aliphatic rings. The zero-order chi connectivity index (χ0) is 23.7. The van der Waals surface area contributed by atoms with Crippen molar-refractivity contribution < 1.29 is 9.53 Å². The van der Waals surface area contributed by atoms with Crippen molar-refractivity contribution in [1.29, 1.82) is 0 Å². The summed E-state index contributed by atoms with van der Waals surface area (Å²) in [6, 6.07) is 6.43. The highest BCUT2D eigenvalue weighted by molar-refractivity contribution is 9.15. The quantitative estimate of drug-likeness (QED) is 0.383. The molecule has 1 N–H and O–H groups in total. The summed E-state index contributed by atoms with van der Waals surface area (Å²) in [5.74, 6) is 0. The number of carbonyl (C=O) groups excluding carboxylic acids is 1. The fraction of sp³-hybridized carbons (Fsp3) is 0.500. The number of nitrogens with zero attached hydrogens (tertiary/aromatic N) is 1. The first-order valence-electron chi connectivity index (χ1n) is 11.5. The lowest BCUT2D eigenvalue weighted by Gasteiger charge is -2.29. The van der Waals surface area contributed by atoms with Crippen LogP contribution >= 0.6 is 27.5 Å². The largest absolute Gasteiger partial charge is 0.444 e. The summed E-state index contributed by atoms with van der Waals surface area (Å²) in [7, 11) is 0. The highest BCUT2D eigenvalue weighted by atomic mass is 79.9. The van der Waals surface area contributed by atoms with Crippen molar-refractivity contribution in [3.8, 4) is 0 Å². The van der Waals surface area contributed by atoms with Crippen molar-refractivity contribution >= 4 is 38.1 Å². The fourth-order valence-corrected chi connectivity index (χ4v) is 4.47. The third kappa shape index (κ3) is 8.00. The molecule has 1 amide bonds. The molecule has 1 atom stereocenters. The van der Waals surface area contributed by atoms with Crippen molar-refractivity contribution in [2.45, 2.75) is 71.9 Å². The van der Waals surface area contributed by atoms with Crippen molar-refractivity contribution in [3.63, 3.8) is 0 Å². The van der Waals surface area contributed by atoms with Crippen LogP contribution in [0.3, 0.4) is 0 Å². The van der Waals surface area contributed by atoms with Crippen LogP contribution in [0.2, 0.25) is 5.02 Å². The number of amides is 1. The molecular formula is C26H36BrClN2O2. The Morgan fingerprint density at radius 3 is 2.53 bits per heavy atom. The van der Waals surface area contributed by atoms with Crippen molar-refractivity contribution in [3.05, 3.63) is 64.3 Å². The van der Waals surface area contributed by atoms with E-state index >= 15 is 0 Å². The Balaban J connectivity index is 0.000000218. The molecule has 2 heterocycles. The van der Waals surface area contributed by atoms with Crippen molar-refractivity contribution in [2.75, 3.05) is 13.1 Å². The number of allylic oxidation sites excluding steroid dienone is 2. The predicted molar refractivity (Wildman–Crippen MR) is 139 cm³/mol. The maximum atomic E-state index is 11.5. The van der Waals surface area contributed by atoms with E-state index in [9.17, 15) is 4.79 Å². The molecule has 4 rings (SSSR count). The number of rotatable bonds is 0. The van der Waals surface area contributed by atoms with Gasteiger partial charge in [0.1, 0.15) is 5.60 Å².